The van der Waals surface area contributed by atoms with Crippen LogP contribution in [-0.4, -0.2) is 5.91 Å². The molecular formula is C17H19NO2. The zero-order chi connectivity index (χ0) is 14.5. The van der Waals surface area contributed by atoms with E-state index in [1.807, 2.05) is 69.3 Å². The summed E-state index contributed by atoms with van der Waals surface area (Å²) in [6, 6.07) is 15.2. The molecule has 1 N–H and O–H groups in total. The summed E-state index contributed by atoms with van der Waals surface area (Å²) in [5, 5.41) is 2.88. The van der Waals surface area contributed by atoms with Crippen molar-refractivity contribution in [3.8, 4) is 11.5 Å². The van der Waals surface area contributed by atoms with Gasteiger partial charge < -0.3 is 10.1 Å². The molecule has 0 aliphatic heterocycles. The van der Waals surface area contributed by atoms with Crippen LogP contribution in [0.2, 0.25) is 0 Å². The van der Waals surface area contributed by atoms with E-state index in [-0.39, 0.29) is 11.8 Å². The number of amides is 1. The summed E-state index contributed by atoms with van der Waals surface area (Å²) in [6.45, 7) is 5.75. The largest absolute Gasteiger partial charge is 0.455 e. The first-order valence-electron chi connectivity index (χ1n) is 6.70. The van der Waals surface area contributed by atoms with E-state index in [9.17, 15) is 4.79 Å². The van der Waals surface area contributed by atoms with Crippen molar-refractivity contribution in [2.75, 3.05) is 5.32 Å². The first-order valence-corrected chi connectivity index (χ1v) is 6.70. The highest BCUT2D eigenvalue weighted by Gasteiger charge is 2.11. The molecule has 0 fully saturated rings. The molecule has 2 rings (SSSR count). The highest BCUT2D eigenvalue weighted by atomic mass is 16.5. The van der Waals surface area contributed by atoms with Crippen molar-refractivity contribution in [3.05, 3.63) is 54.1 Å². The van der Waals surface area contributed by atoms with Crippen LogP contribution in [0.1, 0.15) is 19.4 Å². The highest BCUT2D eigenvalue weighted by molar-refractivity contribution is 5.93. The third-order valence-electron chi connectivity index (χ3n) is 2.92. The molecule has 20 heavy (non-hydrogen) atoms. The lowest BCUT2D eigenvalue weighted by Crippen LogP contribution is -2.18. The fourth-order valence-electron chi connectivity index (χ4n) is 1.67. The average Bonchev–Trinajstić information content (AvgIpc) is 2.43. The quantitative estimate of drug-likeness (QED) is 0.894. The Morgan fingerprint density at radius 2 is 1.70 bits per heavy atom. The highest BCUT2D eigenvalue weighted by Crippen LogP contribution is 2.29. The number of carbonyl (C=O) groups is 1. The number of nitrogens with one attached hydrogen (secondary N) is 1. The SMILES string of the molecule is Cc1ccc(Oc2ccccc2NC(=O)C(C)C)cc1. The molecule has 3 nitrogen and oxygen atoms in total. The van der Waals surface area contributed by atoms with Gasteiger partial charge in [-0.05, 0) is 31.2 Å². The number of carbonyl (C=O) groups excluding carboxylic acids is 1. The molecule has 2 aromatic rings. The molecule has 0 saturated heterocycles. The van der Waals surface area contributed by atoms with E-state index in [1.54, 1.807) is 0 Å². The minimum absolute atomic E-state index is 0.0232. The smallest absolute Gasteiger partial charge is 0.227 e. The van der Waals surface area contributed by atoms with E-state index in [0.717, 1.165) is 5.75 Å². The normalized spacial score (nSPS) is 10.4. The molecule has 104 valence electrons. The van der Waals surface area contributed by atoms with Gasteiger partial charge in [0.15, 0.2) is 5.75 Å². The molecule has 0 aliphatic carbocycles. The molecule has 2 aromatic carbocycles. The number of para-hydroxylation sites is 2. The van der Waals surface area contributed by atoms with Gasteiger partial charge >= 0.3 is 0 Å². The summed E-state index contributed by atoms with van der Waals surface area (Å²) in [5.41, 5.74) is 1.87. The van der Waals surface area contributed by atoms with Crippen LogP contribution in [0.15, 0.2) is 48.5 Å². The van der Waals surface area contributed by atoms with Crippen LogP contribution < -0.4 is 10.1 Å². The standard InChI is InChI=1S/C17H19NO2/c1-12(2)17(19)18-15-6-4-5-7-16(15)20-14-10-8-13(3)9-11-14/h4-12H,1-3H3,(H,18,19). The predicted molar refractivity (Wildman–Crippen MR) is 81.2 cm³/mol. The van der Waals surface area contributed by atoms with E-state index in [0.29, 0.717) is 11.4 Å². The molecule has 1 amide bonds. The zero-order valence-corrected chi connectivity index (χ0v) is 12.0. The Bertz CT molecular complexity index is 588. The molecule has 0 spiro atoms. The predicted octanol–water partition coefficient (Wildman–Crippen LogP) is 4.38. The van der Waals surface area contributed by atoms with Crippen LogP contribution in [0.25, 0.3) is 0 Å². The summed E-state index contributed by atoms with van der Waals surface area (Å²) in [7, 11) is 0. The maximum absolute atomic E-state index is 11.8. The molecule has 0 unspecified atom stereocenters. The van der Waals surface area contributed by atoms with E-state index in [2.05, 4.69) is 5.32 Å². The van der Waals surface area contributed by atoms with Crippen molar-refractivity contribution >= 4 is 11.6 Å². The van der Waals surface area contributed by atoms with Crippen molar-refractivity contribution in [2.24, 2.45) is 5.92 Å². The summed E-state index contributed by atoms with van der Waals surface area (Å²) < 4.78 is 5.83. The second kappa shape index (κ2) is 6.24. The van der Waals surface area contributed by atoms with Gasteiger partial charge in [0.2, 0.25) is 5.91 Å². The molecule has 0 heterocycles. The van der Waals surface area contributed by atoms with Gasteiger partial charge in [0, 0.05) is 5.92 Å². The van der Waals surface area contributed by atoms with Gasteiger partial charge in [0.1, 0.15) is 5.75 Å². The maximum Gasteiger partial charge on any atom is 0.227 e. The van der Waals surface area contributed by atoms with Crippen molar-refractivity contribution in [3.63, 3.8) is 0 Å². The number of rotatable bonds is 4. The van der Waals surface area contributed by atoms with Crippen LogP contribution in [0.5, 0.6) is 11.5 Å². The second-order valence-electron chi connectivity index (χ2n) is 5.06. The van der Waals surface area contributed by atoms with E-state index < -0.39 is 0 Å². The van der Waals surface area contributed by atoms with Crippen LogP contribution >= 0.6 is 0 Å². The van der Waals surface area contributed by atoms with Crippen LogP contribution in [0.3, 0.4) is 0 Å². The minimum atomic E-state index is -0.0672. The number of hydrogen-bond donors (Lipinski definition) is 1. The van der Waals surface area contributed by atoms with Crippen LogP contribution in [-0.2, 0) is 4.79 Å². The molecule has 3 heteroatoms. The Morgan fingerprint density at radius 3 is 2.35 bits per heavy atom. The fourth-order valence-corrected chi connectivity index (χ4v) is 1.67. The van der Waals surface area contributed by atoms with E-state index in [4.69, 9.17) is 4.74 Å². The van der Waals surface area contributed by atoms with Gasteiger partial charge in [0.05, 0.1) is 5.69 Å². The number of ether oxygens (including phenoxy) is 1. The number of benzene rings is 2. The zero-order valence-electron chi connectivity index (χ0n) is 12.0. The van der Waals surface area contributed by atoms with Crippen molar-refractivity contribution < 1.29 is 9.53 Å². The number of anilines is 1. The van der Waals surface area contributed by atoms with Crippen molar-refractivity contribution in [1.29, 1.82) is 0 Å². The third kappa shape index (κ3) is 3.60. The lowest BCUT2D eigenvalue weighted by Gasteiger charge is -2.13. The first kappa shape index (κ1) is 14.1. The lowest BCUT2D eigenvalue weighted by atomic mass is 10.2. The van der Waals surface area contributed by atoms with Gasteiger partial charge in [0.25, 0.3) is 0 Å². The van der Waals surface area contributed by atoms with E-state index >= 15 is 0 Å². The molecule has 0 saturated carbocycles. The second-order valence-corrected chi connectivity index (χ2v) is 5.06. The summed E-state index contributed by atoms with van der Waals surface area (Å²) in [6.07, 6.45) is 0. The van der Waals surface area contributed by atoms with Crippen LogP contribution in [0.4, 0.5) is 5.69 Å². The van der Waals surface area contributed by atoms with Gasteiger partial charge in [-0.3, -0.25) is 4.79 Å². The molecule has 0 bridgehead atoms. The lowest BCUT2D eigenvalue weighted by molar-refractivity contribution is -0.118. The first-order chi connectivity index (χ1) is 9.56. The third-order valence-corrected chi connectivity index (χ3v) is 2.92. The average molecular weight is 269 g/mol. The summed E-state index contributed by atoms with van der Waals surface area (Å²) in [5.74, 6) is 1.31. The monoisotopic (exact) mass is 269 g/mol. The Morgan fingerprint density at radius 1 is 1.05 bits per heavy atom. The Hall–Kier alpha value is -2.29. The van der Waals surface area contributed by atoms with Gasteiger partial charge in [-0.25, -0.2) is 0 Å². The molecule has 0 radical (unpaired) electrons. The van der Waals surface area contributed by atoms with Gasteiger partial charge in [-0.2, -0.15) is 0 Å². The maximum atomic E-state index is 11.8. The fraction of sp³-hybridized carbons (Fsp3) is 0.235. The Kier molecular flexibility index (Phi) is 4.41. The van der Waals surface area contributed by atoms with Gasteiger partial charge in [-0.1, -0.05) is 43.7 Å². The summed E-state index contributed by atoms with van der Waals surface area (Å²) in [4.78, 5) is 11.8. The summed E-state index contributed by atoms with van der Waals surface area (Å²) >= 11 is 0. The number of aryl methyl sites for hydroxylation is 1. The van der Waals surface area contributed by atoms with Crippen molar-refractivity contribution in [1.82, 2.24) is 0 Å². The Labute approximate surface area is 119 Å². The molecule has 0 atom stereocenters. The molecule has 0 aromatic heterocycles. The Balaban J connectivity index is 2.19. The van der Waals surface area contributed by atoms with Crippen molar-refractivity contribution in [2.45, 2.75) is 20.8 Å². The molecular weight excluding hydrogens is 250 g/mol. The topological polar surface area (TPSA) is 38.3 Å². The van der Waals surface area contributed by atoms with E-state index in [1.165, 1.54) is 5.56 Å². The van der Waals surface area contributed by atoms with Gasteiger partial charge in [-0.15, -0.1) is 0 Å². The van der Waals surface area contributed by atoms with Crippen LogP contribution in [0, 0.1) is 12.8 Å². The minimum Gasteiger partial charge on any atom is -0.455 e. The molecule has 0 aliphatic rings. The number of hydrogen-bond acceptors (Lipinski definition) is 2.